The van der Waals surface area contributed by atoms with Gasteiger partial charge < -0.3 is 10.6 Å². The number of rotatable bonds is 2. The fourth-order valence-corrected chi connectivity index (χ4v) is 1.85. The third-order valence-electron chi connectivity index (χ3n) is 2.59. The molecule has 0 aliphatic rings. The molecular formula is C16H11Cl2FN2O. The summed E-state index contributed by atoms with van der Waals surface area (Å²) in [5, 5.41) is 5.95. The maximum atomic E-state index is 12.7. The van der Waals surface area contributed by atoms with Gasteiger partial charge in [-0.1, -0.05) is 35.0 Å². The van der Waals surface area contributed by atoms with Gasteiger partial charge in [0, 0.05) is 11.3 Å². The van der Waals surface area contributed by atoms with Gasteiger partial charge in [-0.25, -0.2) is 9.18 Å². The zero-order valence-electron chi connectivity index (χ0n) is 11.3. The minimum Gasteiger partial charge on any atom is -0.327 e. The molecule has 0 atom stereocenters. The van der Waals surface area contributed by atoms with Crippen LogP contribution in [0.25, 0.3) is 0 Å². The molecule has 0 heterocycles. The zero-order valence-corrected chi connectivity index (χ0v) is 12.8. The van der Waals surface area contributed by atoms with Gasteiger partial charge in [0.25, 0.3) is 0 Å². The molecule has 2 aromatic rings. The van der Waals surface area contributed by atoms with Crippen molar-refractivity contribution in [2.75, 3.05) is 11.9 Å². The molecule has 0 aliphatic carbocycles. The van der Waals surface area contributed by atoms with Crippen molar-refractivity contribution in [2.45, 2.75) is 0 Å². The molecule has 0 saturated heterocycles. The summed E-state index contributed by atoms with van der Waals surface area (Å²) in [6, 6.07) is 10.2. The summed E-state index contributed by atoms with van der Waals surface area (Å²) in [5.74, 6) is 5.26. The lowest BCUT2D eigenvalue weighted by molar-refractivity contribution is 0.253. The monoisotopic (exact) mass is 336 g/mol. The number of halogens is 3. The Labute approximate surface area is 137 Å². The van der Waals surface area contributed by atoms with Crippen molar-refractivity contribution in [1.82, 2.24) is 5.32 Å². The zero-order chi connectivity index (χ0) is 15.9. The molecule has 22 heavy (non-hydrogen) atoms. The Morgan fingerprint density at radius 1 is 1.09 bits per heavy atom. The van der Waals surface area contributed by atoms with Crippen LogP contribution >= 0.6 is 23.2 Å². The first-order chi connectivity index (χ1) is 10.5. The summed E-state index contributed by atoms with van der Waals surface area (Å²) < 4.78 is 12.7. The number of hydrogen-bond donors (Lipinski definition) is 2. The predicted molar refractivity (Wildman–Crippen MR) is 86.8 cm³/mol. The number of benzene rings is 2. The van der Waals surface area contributed by atoms with Crippen LogP contribution in [0.1, 0.15) is 5.56 Å². The highest BCUT2D eigenvalue weighted by Gasteiger charge is 2.02. The van der Waals surface area contributed by atoms with Crippen LogP contribution in [0, 0.1) is 17.7 Å². The second-order valence-corrected chi connectivity index (χ2v) is 5.06. The second-order valence-electron chi connectivity index (χ2n) is 4.25. The summed E-state index contributed by atoms with van der Waals surface area (Å²) in [6.07, 6.45) is 0. The van der Waals surface area contributed by atoms with E-state index in [9.17, 15) is 9.18 Å². The van der Waals surface area contributed by atoms with Gasteiger partial charge >= 0.3 is 6.03 Å². The predicted octanol–water partition coefficient (Wildman–Crippen LogP) is 4.31. The highest BCUT2D eigenvalue weighted by Crippen LogP contribution is 2.24. The number of urea groups is 1. The summed E-state index contributed by atoms with van der Waals surface area (Å²) in [6.45, 7) is 0.157. The van der Waals surface area contributed by atoms with Crippen LogP contribution in [-0.2, 0) is 0 Å². The van der Waals surface area contributed by atoms with E-state index in [1.54, 1.807) is 30.3 Å². The molecule has 0 bridgehead atoms. The average molecular weight is 337 g/mol. The molecule has 0 radical (unpaired) electrons. The van der Waals surface area contributed by atoms with E-state index in [0.29, 0.717) is 21.3 Å². The standard InChI is InChI=1S/C16H11Cl2FN2O/c17-14-8-7-13(10-15(14)18)21-16(22)20-9-1-2-11-3-5-12(19)6-4-11/h3-8,10H,9H2,(H2,20,21,22). The van der Waals surface area contributed by atoms with Crippen LogP contribution in [0.2, 0.25) is 10.0 Å². The Morgan fingerprint density at radius 3 is 2.50 bits per heavy atom. The number of carbonyl (C=O) groups is 1. The molecule has 112 valence electrons. The molecule has 0 aromatic heterocycles. The van der Waals surface area contributed by atoms with Gasteiger partial charge in [-0.3, -0.25) is 0 Å². The van der Waals surface area contributed by atoms with Crippen LogP contribution < -0.4 is 10.6 Å². The first-order valence-corrected chi connectivity index (χ1v) is 7.04. The summed E-state index contributed by atoms with van der Waals surface area (Å²) in [4.78, 5) is 11.6. The van der Waals surface area contributed by atoms with Crippen LogP contribution in [0.3, 0.4) is 0 Å². The van der Waals surface area contributed by atoms with Gasteiger partial charge in [0.05, 0.1) is 16.6 Å². The van der Waals surface area contributed by atoms with Gasteiger partial charge in [-0.05, 0) is 42.5 Å². The number of carbonyl (C=O) groups excluding carboxylic acids is 1. The van der Waals surface area contributed by atoms with E-state index in [1.807, 2.05) is 0 Å². The number of nitrogens with one attached hydrogen (secondary N) is 2. The largest absolute Gasteiger partial charge is 0.327 e. The molecule has 2 aromatic carbocycles. The minimum atomic E-state index is -0.410. The van der Waals surface area contributed by atoms with E-state index < -0.39 is 6.03 Å². The van der Waals surface area contributed by atoms with Gasteiger partial charge in [0.15, 0.2) is 0 Å². The van der Waals surface area contributed by atoms with Crippen molar-refractivity contribution in [1.29, 1.82) is 0 Å². The fraction of sp³-hybridized carbons (Fsp3) is 0.0625. The molecule has 0 unspecified atom stereocenters. The second kappa shape index (κ2) is 7.69. The molecule has 0 aliphatic heterocycles. The Kier molecular flexibility index (Phi) is 5.65. The Bertz CT molecular complexity index is 736. The topological polar surface area (TPSA) is 41.1 Å². The van der Waals surface area contributed by atoms with E-state index in [2.05, 4.69) is 22.5 Å². The number of amides is 2. The van der Waals surface area contributed by atoms with E-state index in [-0.39, 0.29) is 12.4 Å². The molecule has 2 rings (SSSR count). The average Bonchev–Trinajstić information content (AvgIpc) is 2.49. The van der Waals surface area contributed by atoms with Crippen molar-refractivity contribution >= 4 is 34.9 Å². The smallest absolute Gasteiger partial charge is 0.319 e. The molecule has 0 saturated carbocycles. The normalized spacial score (nSPS) is 9.59. The van der Waals surface area contributed by atoms with E-state index in [4.69, 9.17) is 23.2 Å². The Hall–Kier alpha value is -2.22. The van der Waals surface area contributed by atoms with E-state index in [1.165, 1.54) is 12.1 Å². The SMILES string of the molecule is O=C(NCC#Cc1ccc(F)cc1)Nc1ccc(Cl)c(Cl)c1. The van der Waals surface area contributed by atoms with Crippen molar-refractivity contribution in [2.24, 2.45) is 0 Å². The number of anilines is 1. The first-order valence-electron chi connectivity index (χ1n) is 6.29. The molecule has 2 N–H and O–H groups in total. The lowest BCUT2D eigenvalue weighted by Gasteiger charge is -2.06. The summed E-state index contributed by atoms with van der Waals surface area (Å²) >= 11 is 11.6. The maximum Gasteiger partial charge on any atom is 0.319 e. The Morgan fingerprint density at radius 2 is 1.82 bits per heavy atom. The molecule has 2 amide bonds. The Balaban J connectivity index is 1.83. The highest BCUT2D eigenvalue weighted by molar-refractivity contribution is 6.42. The van der Waals surface area contributed by atoms with Crippen molar-refractivity contribution in [3.63, 3.8) is 0 Å². The van der Waals surface area contributed by atoms with Crippen molar-refractivity contribution in [3.8, 4) is 11.8 Å². The van der Waals surface area contributed by atoms with E-state index >= 15 is 0 Å². The highest BCUT2D eigenvalue weighted by atomic mass is 35.5. The maximum absolute atomic E-state index is 12.7. The van der Waals surface area contributed by atoms with Gasteiger partial charge in [-0.2, -0.15) is 0 Å². The van der Waals surface area contributed by atoms with Gasteiger partial charge in [0.2, 0.25) is 0 Å². The van der Waals surface area contributed by atoms with Gasteiger partial charge in [-0.15, -0.1) is 0 Å². The molecule has 3 nitrogen and oxygen atoms in total. The summed E-state index contributed by atoms with van der Waals surface area (Å²) in [7, 11) is 0. The molecule has 0 spiro atoms. The molecule has 0 fully saturated rings. The third kappa shape index (κ3) is 4.96. The molecular weight excluding hydrogens is 326 g/mol. The lowest BCUT2D eigenvalue weighted by Crippen LogP contribution is -2.28. The number of hydrogen-bond acceptors (Lipinski definition) is 1. The lowest BCUT2D eigenvalue weighted by atomic mass is 10.2. The van der Waals surface area contributed by atoms with Gasteiger partial charge in [0.1, 0.15) is 5.82 Å². The van der Waals surface area contributed by atoms with Crippen LogP contribution in [-0.4, -0.2) is 12.6 Å². The van der Waals surface area contributed by atoms with Crippen molar-refractivity contribution < 1.29 is 9.18 Å². The van der Waals surface area contributed by atoms with E-state index in [0.717, 1.165) is 0 Å². The third-order valence-corrected chi connectivity index (χ3v) is 3.33. The van der Waals surface area contributed by atoms with Crippen LogP contribution in [0.5, 0.6) is 0 Å². The quantitative estimate of drug-likeness (QED) is 0.788. The fourth-order valence-electron chi connectivity index (χ4n) is 1.55. The molecule has 6 heteroatoms. The minimum absolute atomic E-state index is 0.157. The van der Waals surface area contributed by atoms with Crippen LogP contribution in [0.15, 0.2) is 42.5 Å². The summed E-state index contributed by atoms with van der Waals surface area (Å²) in [5.41, 5.74) is 1.20. The van der Waals surface area contributed by atoms with Crippen molar-refractivity contribution in [3.05, 3.63) is 63.9 Å². The first kappa shape index (κ1) is 16.2. The van der Waals surface area contributed by atoms with Crippen LogP contribution in [0.4, 0.5) is 14.9 Å².